The van der Waals surface area contributed by atoms with Crippen LogP contribution in [0.4, 0.5) is 5.69 Å². The number of hydrogen-bond acceptors (Lipinski definition) is 5. The zero-order valence-corrected chi connectivity index (χ0v) is 14.6. The highest BCUT2D eigenvalue weighted by atomic mass is 16.5. The summed E-state index contributed by atoms with van der Waals surface area (Å²) in [4.78, 5) is 35.4. The Hall–Kier alpha value is -3.15. The van der Waals surface area contributed by atoms with Crippen molar-refractivity contribution >= 4 is 23.5 Å². The van der Waals surface area contributed by atoms with Crippen molar-refractivity contribution in [3.8, 4) is 0 Å². The van der Waals surface area contributed by atoms with E-state index in [9.17, 15) is 14.4 Å². The van der Waals surface area contributed by atoms with E-state index < -0.39 is 24.5 Å². The van der Waals surface area contributed by atoms with Gasteiger partial charge in [-0.25, -0.2) is 9.59 Å². The lowest BCUT2D eigenvalue weighted by Crippen LogP contribution is -2.21. The summed E-state index contributed by atoms with van der Waals surface area (Å²) >= 11 is 0. The number of rotatable bonds is 8. The predicted octanol–water partition coefficient (Wildman–Crippen LogP) is 3.44. The second-order valence-corrected chi connectivity index (χ2v) is 5.56. The van der Waals surface area contributed by atoms with E-state index in [1.165, 1.54) is 0 Å². The minimum Gasteiger partial charge on any atom is -0.462 e. The number of carbonyl (C=O) groups is 3. The highest BCUT2D eigenvalue weighted by Crippen LogP contribution is 2.11. The summed E-state index contributed by atoms with van der Waals surface area (Å²) in [7, 11) is 0. The average molecular weight is 355 g/mol. The molecular weight excluding hydrogens is 334 g/mol. The highest BCUT2D eigenvalue weighted by Gasteiger charge is 2.11. The van der Waals surface area contributed by atoms with Crippen LogP contribution < -0.4 is 5.32 Å². The molecule has 2 rings (SSSR count). The number of ether oxygens (including phenoxy) is 2. The minimum atomic E-state index is -0.564. The molecule has 136 valence electrons. The highest BCUT2D eigenvalue weighted by molar-refractivity contribution is 5.96. The van der Waals surface area contributed by atoms with E-state index in [1.54, 1.807) is 54.6 Å². The molecular formula is C20H21NO5. The summed E-state index contributed by atoms with van der Waals surface area (Å²) in [6, 6.07) is 14.8. The molecule has 0 saturated heterocycles. The number of amides is 1. The number of hydrogen-bond donors (Lipinski definition) is 1. The number of benzene rings is 2. The molecule has 0 aliphatic rings. The van der Waals surface area contributed by atoms with Crippen molar-refractivity contribution in [2.75, 3.05) is 18.5 Å². The first-order chi connectivity index (χ1) is 12.6. The molecule has 0 heterocycles. The molecule has 0 aliphatic heterocycles. The number of esters is 2. The van der Waals surface area contributed by atoms with E-state index in [0.29, 0.717) is 23.4 Å². The Morgan fingerprint density at radius 2 is 1.46 bits per heavy atom. The average Bonchev–Trinajstić information content (AvgIpc) is 2.67. The van der Waals surface area contributed by atoms with Crippen molar-refractivity contribution in [1.29, 1.82) is 0 Å². The molecule has 0 atom stereocenters. The van der Waals surface area contributed by atoms with Gasteiger partial charge in [0.1, 0.15) is 0 Å². The number of carbonyl (C=O) groups excluding carboxylic acids is 3. The molecule has 6 heteroatoms. The summed E-state index contributed by atoms with van der Waals surface area (Å²) < 4.78 is 10.1. The maximum Gasteiger partial charge on any atom is 0.338 e. The van der Waals surface area contributed by atoms with Gasteiger partial charge in [-0.15, -0.1) is 0 Å². The molecule has 2 aromatic rings. The first-order valence-corrected chi connectivity index (χ1v) is 8.39. The van der Waals surface area contributed by atoms with Crippen molar-refractivity contribution in [3.05, 3.63) is 65.7 Å². The van der Waals surface area contributed by atoms with Gasteiger partial charge in [0.05, 0.1) is 17.7 Å². The molecule has 0 unspecified atom stereocenters. The van der Waals surface area contributed by atoms with Crippen molar-refractivity contribution in [2.45, 2.75) is 19.8 Å². The van der Waals surface area contributed by atoms with Gasteiger partial charge >= 0.3 is 11.9 Å². The Morgan fingerprint density at radius 1 is 0.846 bits per heavy atom. The molecule has 0 fully saturated rings. The van der Waals surface area contributed by atoms with Crippen molar-refractivity contribution in [3.63, 3.8) is 0 Å². The monoisotopic (exact) mass is 355 g/mol. The van der Waals surface area contributed by atoms with Crippen LogP contribution in [0.2, 0.25) is 0 Å². The fourth-order valence-electron chi connectivity index (χ4n) is 2.07. The van der Waals surface area contributed by atoms with Gasteiger partial charge in [0, 0.05) is 5.69 Å². The molecule has 0 saturated carbocycles. The molecule has 0 bridgehead atoms. The van der Waals surface area contributed by atoms with Crippen LogP contribution in [0.25, 0.3) is 0 Å². The summed E-state index contributed by atoms with van der Waals surface area (Å²) in [5, 5.41) is 2.60. The van der Waals surface area contributed by atoms with Crippen LogP contribution in [-0.4, -0.2) is 31.1 Å². The van der Waals surface area contributed by atoms with Crippen molar-refractivity contribution in [1.82, 2.24) is 0 Å². The first kappa shape index (κ1) is 19.2. The SMILES string of the molecule is CCCCOC(=O)c1ccc(NC(=O)COC(=O)c2ccccc2)cc1. The Morgan fingerprint density at radius 3 is 2.12 bits per heavy atom. The zero-order valence-electron chi connectivity index (χ0n) is 14.6. The Kier molecular flexibility index (Phi) is 7.36. The lowest BCUT2D eigenvalue weighted by Gasteiger charge is -2.08. The van der Waals surface area contributed by atoms with E-state index in [4.69, 9.17) is 9.47 Å². The van der Waals surface area contributed by atoms with Crippen LogP contribution in [0.15, 0.2) is 54.6 Å². The summed E-state index contributed by atoms with van der Waals surface area (Å²) in [5.74, 6) is -1.42. The van der Waals surface area contributed by atoms with Crippen LogP contribution in [0.3, 0.4) is 0 Å². The van der Waals surface area contributed by atoms with Crippen LogP contribution in [0.5, 0.6) is 0 Å². The van der Waals surface area contributed by atoms with E-state index >= 15 is 0 Å². The van der Waals surface area contributed by atoms with Crippen molar-refractivity contribution in [2.24, 2.45) is 0 Å². The second-order valence-electron chi connectivity index (χ2n) is 5.56. The molecule has 0 radical (unpaired) electrons. The largest absolute Gasteiger partial charge is 0.462 e. The molecule has 0 spiro atoms. The van der Waals surface area contributed by atoms with Gasteiger partial charge in [-0.3, -0.25) is 4.79 Å². The predicted molar refractivity (Wildman–Crippen MR) is 97.0 cm³/mol. The van der Waals surface area contributed by atoms with Gasteiger partial charge in [-0.05, 0) is 42.8 Å². The number of unbranched alkanes of at least 4 members (excludes halogenated alkanes) is 1. The Labute approximate surface area is 152 Å². The molecule has 1 N–H and O–H groups in total. The fourth-order valence-corrected chi connectivity index (χ4v) is 2.07. The van der Waals surface area contributed by atoms with Gasteiger partial charge in [0.2, 0.25) is 0 Å². The standard InChI is InChI=1S/C20H21NO5/c1-2-3-13-25-19(23)16-9-11-17(12-10-16)21-18(22)14-26-20(24)15-7-5-4-6-8-15/h4-12H,2-3,13-14H2,1H3,(H,21,22). The van der Waals surface area contributed by atoms with E-state index in [-0.39, 0.29) is 0 Å². The molecule has 6 nitrogen and oxygen atoms in total. The maximum absolute atomic E-state index is 11.9. The van der Waals surface area contributed by atoms with Gasteiger partial charge in [0.15, 0.2) is 6.61 Å². The lowest BCUT2D eigenvalue weighted by molar-refractivity contribution is -0.119. The van der Waals surface area contributed by atoms with E-state index in [2.05, 4.69) is 5.32 Å². The number of nitrogens with one attached hydrogen (secondary N) is 1. The third-order valence-corrected chi connectivity index (χ3v) is 3.48. The number of anilines is 1. The minimum absolute atomic E-state index is 0.381. The topological polar surface area (TPSA) is 81.7 Å². The molecule has 1 amide bonds. The van der Waals surface area contributed by atoms with Crippen LogP contribution in [0, 0.1) is 0 Å². The molecule has 0 aliphatic carbocycles. The van der Waals surface area contributed by atoms with Gasteiger partial charge in [-0.1, -0.05) is 31.5 Å². The van der Waals surface area contributed by atoms with Crippen LogP contribution in [-0.2, 0) is 14.3 Å². The normalized spacial score (nSPS) is 10.0. The quantitative estimate of drug-likeness (QED) is 0.579. The van der Waals surface area contributed by atoms with E-state index in [1.807, 2.05) is 6.92 Å². The molecule has 26 heavy (non-hydrogen) atoms. The summed E-state index contributed by atoms with van der Waals surface area (Å²) in [5.41, 5.74) is 1.29. The van der Waals surface area contributed by atoms with Gasteiger partial charge in [0.25, 0.3) is 5.91 Å². The summed E-state index contributed by atoms with van der Waals surface area (Å²) in [6.07, 6.45) is 1.77. The van der Waals surface area contributed by atoms with Crippen LogP contribution in [0.1, 0.15) is 40.5 Å². The smallest absolute Gasteiger partial charge is 0.338 e. The summed E-state index contributed by atoms with van der Waals surface area (Å²) in [6.45, 7) is 2.01. The maximum atomic E-state index is 11.9. The fraction of sp³-hybridized carbons (Fsp3) is 0.250. The third kappa shape index (κ3) is 6.05. The lowest BCUT2D eigenvalue weighted by atomic mass is 10.2. The first-order valence-electron chi connectivity index (χ1n) is 8.39. The van der Waals surface area contributed by atoms with E-state index in [0.717, 1.165) is 12.8 Å². The van der Waals surface area contributed by atoms with Gasteiger partial charge in [-0.2, -0.15) is 0 Å². The molecule has 0 aromatic heterocycles. The van der Waals surface area contributed by atoms with Crippen LogP contribution >= 0.6 is 0 Å². The zero-order chi connectivity index (χ0) is 18.8. The second kappa shape index (κ2) is 9.98. The van der Waals surface area contributed by atoms with Crippen molar-refractivity contribution < 1.29 is 23.9 Å². The molecule has 2 aromatic carbocycles. The Bertz CT molecular complexity index is 741. The van der Waals surface area contributed by atoms with Gasteiger partial charge < -0.3 is 14.8 Å². The Balaban J connectivity index is 1.80. The third-order valence-electron chi connectivity index (χ3n) is 3.48.